The van der Waals surface area contributed by atoms with Gasteiger partial charge in [-0.3, -0.25) is 4.79 Å². The molecule has 10 heteroatoms. The maximum atomic E-state index is 12.9. The first kappa shape index (κ1) is 20.8. The summed E-state index contributed by atoms with van der Waals surface area (Å²) in [5.41, 5.74) is 1.29. The average molecular weight is 492 g/mol. The topological polar surface area (TPSA) is 89.2 Å². The highest BCUT2D eigenvalue weighted by Gasteiger charge is 2.29. The molecule has 0 aliphatic carbocycles. The molecule has 3 heterocycles. The molecule has 1 aliphatic heterocycles. The predicted octanol–water partition coefficient (Wildman–Crippen LogP) is 3.07. The smallest absolute Gasteiger partial charge is 0.273 e. The summed E-state index contributed by atoms with van der Waals surface area (Å²) in [5, 5.41) is 7.13. The molecular weight excluding hydrogens is 470 g/mol. The lowest BCUT2D eigenvalue weighted by Gasteiger charge is -2.13. The molecule has 2 aromatic heterocycles. The lowest BCUT2D eigenvalue weighted by molar-refractivity contribution is 0.101. The average Bonchev–Trinajstić information content (AvgIpc) is 3.45. The van der Waals surface area contributed by atoms with Crippen molar-refractivity contribution in [2.45, 2.75) is 24.3 Å². The number of nitrogens with one attached hydrogen (secondary N) is 1. The highest BCUT2D eigenvalue weighted by Crippen LogP contribution is 2.23. The summed E-state index contributed by atoms with van der Waals surface area (Å²) in [4.78, 5) is 13.0. The van der Waals surface area contributed by atoms with E-state index in [-0.39, 0.29) is 10.6 Å². The number of rotatable bonds is 6. The van der Waals surface area contributed by atoms with E-state index in [1.807, 2.05) is 24.3 Å². The first-order valence-corrected chi connectivity index (χ1v) is 11.8. The van der Waals surface area contributed by atoms with E-state index in [2.05, 4.69) is 26.3 Å². The molecular formula is C20H22BrN5O3S. The zero-order chi connectivity index (χ0) is 21.3. The van der Waals surface area contributed by atoms with Crippen LogP contribution in [0.15, 0.2) is 58.2 Å². The summed E-state index contributed by atoms with van der Waals surface area (Å²) in [6.07, 6.45) is 4.82. The monoisotopic (exact) mass is 491 g/mol. The molecule has 8 nitrogen and oxygen atoms in total. The van der Waals surface area contributed by atoms with E-state index < -0.39 is 15.9 Å². The number of aryl methyl sites for hydroxylation is 1. The molecule has 0 unspecified atom stereocenters. The van der Waals surface area contributed by atoms with Gasteiger partial charge in [0.05, 0.1) is 12.7 Å². The summed E-state index contributed by atoms with van der Waals surface area (Å²) in [6, 6.07) is 10.9. The standard InChI is InChI=1S/C20H22BrN5O3S/c1-24-14-16(30(28,29)25-10-4-5-11-25)12-18(24)20(27)23-19-8-9-22-26(19)13-15-6-2-3-7-17(15)21/h2-3,6-9,12,14H,4-5,10-11,13H2,1H3,(H,23,27). The summed E-state index contributed by atoms with van der Waals surface area (Å²) < 4.78 is 31.2. The fraction of sp³-hybridized carbons (Fsp3) is 0.300. The normalized spacial score (nSPS) is 14.9. The van der Waals surface area contributed by atoms with Crippen molar-refractivity contribution in [2.24, 2.45) is 7.05 Å². The number of sulfonamides is 1. The Kier molecular flexibility index (Phi) is 5.81. The Hall–Kier alpha value is -2.43. The second-order valence-electron chi connectivity index (χ2n) is 7.20. The van der Waals surface area contributed by atoms with Crippen LogP contribution in [0.5, 0.6) is 0 Å². The Morgan fingerprint density at radius 3 is 2.67 bits per heavy atom. The zero-order valence-corrected chi connectivity index (χ0v) is 18.9. The van der Waals surface area contributed by atoms with E-state index in [9.17, 15) is 13.2 Å². The number of carbonyl (C=O) groups is 1. The Morgan fingerprint density at radius 1 is 1.20 bits per heavy atom. The highest BCUT2D eigenvalue weighted by molar-refractivity contribution is 9.10. The molecule has 0 saturated carbocycles. The number of anilines is 1. The summed E-state index contributed by atoms with van der Waals surface area (Å²) >= 11 is 3.52. The molecule has 1 aliphatic rings. The number of nitrogens with zero attached hydrogens (tertiary/aromatic N) is 4. The van der Waals surface area contributed by atoms with Gasteiger partial charge in [-0.2, -0.15) is 9.40 Å². The van der Waals surface area contributed by atoms with Crippen LogP contribution < -0.4 is 5.32 Å². The second-order valence-corrected chi connectivity index (χ2v) is 10.00. The highest BCUT2D eigenvalue weighted by atomic mass is 79.9. The second kappa shape index (κ2) is 8.37. The van der Waals surface area contributed by atoms with E-state index >= 15 is 0 Å². The van der Waals surface area contributed by atoms with Crippen LogP contribution >= 0.6 is 15.9 Å². The lowest BCUT2D eigenvalue weighted by Crippen LogP contribution is -2.27. The van der Waals surface area contributed by atoms with Crippen molar-refractivity contribution < 1.29 is 13.2 Å². The van der Waals surface area contributed by atoms with Crippen LogP contribution in [0.3, 0.4) is 0 Å². The van der Waals surface area contributed by atoms with Crippen molar-refractivity contribution in [1.82, 2.24) is 18.7 Å². The fourth-order valence-electron chi connectivity index (χ4n) is 3.51. The molecule has 0 radical (unpaired) electrons. The van der Waals surface area contributed by atoms with Gasteiger partial charge < -0.3 is 9.88 Å². The number of hydrogen-bond acceptors (Lipinski definition) is 4. The van der Waals surface area contributed by atoms with Gasteiger partial charge in [0.2, 0.25) is 10.0 Å². The summed E-state index contributed by atoms with van der Waals surface area (Å²) in [5.74, 6) is 0.134. The minimum atomic E-state index is -3.58. The van der Waals surface area contributed by atoms with Gasteiger partial charge in [0, 0.05) is 36.9 Å². The molecule has 0 spiro atoms. The maximum Gasteiger partial charge on any atom is 0.273 e. The van der Waals surface area contributed by atoms with E-state index in [0.29, 0.717) is 25.5 Å². The van der Waals surface area contributed by atoms with Crippen LogP contribution in [0.1, 0.15) is 28.9 Å². The number of halogens is 1. The number of carbonyl (C=O) groups excluding carboxylic acids is 1. The van der Waals surface area contributed by atoms with E-state index in [1.165, 1.54) is 21.1 Å². The van der Waals surface area contributed by atoms with Gasteiger partial charge in [-0.25, -0.2) is 13.1 Å². The third-order valence-corrected chi connectivity index (χ3v) is 7.79. The van der Waals surface area contributed by atoms with E-state index in [1.54, 1.807) is 24.0 Å². The van der Waals surface area contributed by atoms with Gasteiger partial charge in [0.1, 0.15) is 16.4 Å². The van der Waals surface area contributed by atoms with Crippen LogP contribution in [0.4, 0.5) is 5.82 Å². The van der Waals surface area contributed by atoms with Crippen molar-refractivity contribution in [2.75, 3.05) is 18.4 Å². The molecule has 4 rings (SSSR count). The molecule has 1 fully saturated rings. The molecule has 3 aromatic rings. The Bertz CT molecular complexity index is 1180. The molecule has 1 amide bonds. The van der Waals surface area contributed by atoms with Gasteiger partial charge in [-0.1, -0.05) is 34.1 Å². The maximum absolute atomic E-state index is 12.9. The van der Waals surface area contributed by atoms with Gasteiger partial charge in [0.25, 0.3) is 5.91 Å². The Morgan fingerprint density at radius 2 is 1.93 bits per heavy atom. The summed E-state index contributed by atoms with van der Waals surface area (Å²) in [6.45, 7) is 1.52. The lowest BCUT2D eigenvalue weighted by atomic mass is 10.2. The van der Waals surface area contributed by atoms with Crippen LogP contribution in [-0.2, 0) is 23.6 Å². The number of hydrogen-bond donors (Lipinski definition) is 1. The number of benzene rings is 1. The fourth-order valence-corrected chi connectivity index (χ4v) is 5.51. The Labute approximate surface area is 183 Å². The minimum absolute atomic E-state index is 0.138. The molecule has 0 bridgehead atoms. The molecule has 30 heavy (non-hydrogen) atoms. The van der Waals surface area contributed by atoms with Crippen molar-refractivity contribution in [3.05, 3.63) is 64.5 Å². The predicted molar refractivity (Wildman–Crippen MR) is 117 cm³/mol. The van der Waals surface area contributed by atoms with E-state index in [4.69, 9.17) is 0 Å². The number of aromatic nitrogens is 3. The van der Waals surface area contributed by atoms with Crippen molar-refractivity contribution in [3.8, 4) is 0 Å². The zero-order valence-electron chi connectivity index (χ0n) is 16.5. The molecule has 1 aromatic carbocycles. The largest absolute Gasteiger partial charge is 0.345 e. The van der Waals surface area contributed by atoms with Gasteiger partial charge in [0.15, 0.2) is 0 Å². The molecule has 1 N–H and O–H groups in total. The van der Waals surface area contributed by atoms with Crippen molar-refractivity contribution >= 4 is 37.7 Å². The molecule has 0 atom stereocenters. The van der Waals surface area contributed by atoms with Crippen LogP contribution in [0.2, 0.25) is 0 Å². The third-order valence-electron chi connectivity index (χ3n) is 5.15. The SMILES string of the molecule is Cn1cc(S(=O)(=O)N2CCCC2)cc1C(=O)Nc1ccnn1Cc1ccccc1Br. The van der Waals surface area contributed by atoms with Gasteiger partial charge in [-0.15, -0.1) is 0 Å². The van der Waals surface area contributed by atoms with E-state index in [0.717, 1.165) is 22.9 Å². The number of amides is 1. The minimum Gasteiger partial charge on any atom is -0.345 e. The summed E-state index contributed by atoms with van der Waals surface area (Å²) in [7, 11) is -1.92. The van der Waals surface area contributed by atoms with Crippen molar-refractivity contribution in [1.29, 1.82) is 0 Å². The van der Waals surface area contributed by atoms with Crippen LogP contribution in [0, 0.1) is 0 Å². The third kappa shape index (κ3) is 4.07. The van der Waals surface area contributed by atoms with Crippen molar-refractivity contribution in [3.63, 3.8) is 0 Å². The van der Waals surface area contributed by atoms with Crippen LogP contribution in [-0.4, -0.2) is 46.1 Å². The van der Waals surface area contributed by atoms with Crippen LogP contribution in [0.25, 0.3) is 0 Å². The quantitative estimate of drug-likeness (QED) is 0.573. The first-order chi connectivity index (χ1) is 14.4. The Balaban J connectivity index is 1.54. The first-order valence-electron chi connectivity index (χ1n) is 9.59. The van der Waals surface area contributed by atoms with Gasteiger partial charge in [-0.05, 0) is 30.5 Å². The molecule has 158 valence electrons. The molecule has 1 saturated heterocycles. The van der Waals surface area contributed by atoms with Gasteiger partial charge >= 0.3 is 0 Å².